The van der Waals surface area contributed by atoms with Crippen LogP contribution in [0.15, 0.2) is 18.2 Å². The molecule has 100 valence electrons. The van der Waals surface area contributed by atoms with E-state index in [9.17, 15) is 23.3 Å². The lowest BCUT2D eigenvalue weighted by Gasteiger charge is -2.22. The SMILES string of the molecule is CC(C)(C)Nc1ccc([N+](=O)[O-])c(C(F)(F)F)c1. The van der Waals surface area contributed by atoms with Crippen LogP contribution in [0.3, 0.4) is 0 Å². The van der Waals surface area contributed by atoms with Crippen LogP contribution in [0.5, 0.6) is 0 Å². The predicted molar refractivity (Wildman–Crippen MR) is 61.5 cm³/mol. The Hall–Kier alpha value is -1.79. The molecule has 0 aromatic heterocycles. The van der Waals surface area contributed by atoms with Crippen molar-refractivity contribution in [3.8, 4) is 0 Å². The van der Waals surface area contributed by atoms with E-state index in [2.05, 4.69) is 5.32 Å². The molecule has 0 aliphatic carbocycles. The number of nitro groups is 1. The lowest BCUT2D eigenvalue weighted by atomic mass is 10.1. The van der Waals surface area contributed by atoms with Crippen LogP contribution in [0.1, 0.15) is 26.3 Å². The maximum Gasteiger partial charge on any atom is 0.423 e. The Balaban J connectivity index is 3.27. The van der Waals surface area contributed by atoms with Gasteiger partial charge in [0.05, 0.1) is 4.92 Å². The van der Waals surface area contributed by atoms with Crippen LogP contribution < -0.4 is 5.32 Å². The molecule has 1 N–H and O–H groups in total. The molecule has 1 aromatic carbocycles. The third-order valence-corrected chi connectivity index (χ3v) is 2.02. The molecule has 1 rings (SSSR count). The monoisotopic (exact) mass is 262 g/mol. The van der Waals surface area contributed by atoms with E-state index >= 15 is 0 Å². The smallest absolute Gasteiger partial charge is 0.380 e. The maximum absolute atomic E-state index is 12.7. The minimum absolute atomic E-state index is 0.195. The number of anilines is 1. The fraction of sp³-hybridized carbons (Fsp3) is 0.455. The number of hydrogen-bond acceptors (Lipinski definition) is 3. The summed E-state index contributed by atoms with van der Waals surface area (Å²) in [6.07, 6.45) is -4.75. The summed E-state index contributed by atoms with van der Waals surface area (Å²) in [5.74, 6) is 0. The van der Waals surface area contributed by atoms with E-state index < -0.39 is 27.9 Å². The second kappa shape index (κ2) is 4.47. The van der Waals surface area contributed by atoms with Crippen LogP contribution in [-0.4, -0.2) is 10.5 Å². The van der Waals surface area contributed by atoms with Gasteiger partial charge in [0.1, 0.15) is 5.56 Å². The molecule has 0 radical (unpaired) electrons. The van der Waals surface area contributed by atoms with Gasteiger partial charge >= 0.3 is 6.18 Å². The van der Waals surface area contributed by atoms with Gasteiger partial charge in [-0.15, -0.1) is 0 Å². The zero-order valence-electron chi connectivity index (χ0n) is 10.1. The standard InChI is InChI=1S/C11H13F3N2O2/c1-10(2,3)15-7-4-5-9(16(17)18)8(6-7)11(12,13)14/h4-6,15H,1-3H3. The van der Waals surface area contributed by atoms with Gasteiger partial charge in [0.15, 0.2) is 0 Å². The summed E-state index contributed by atoms with van der Waals surface area (Å²) in [4.78, 5) is 9.51. The first-order valence-corrected chi connectivity index (χ1v) is 5.14. The van der Waals surface area contributed by atoms with Crippen molar-refractivity contribution in [2.24, 2.45) is 0 Å². The van der Waals surface area contributed by atoms with Crippen molar-refractivity contribution >= 4 is 11.4 Å². The summed E-state index contributed by atoms with van der Waals surface area (Å²) in [6.45, 7) is 5.34. The molecule has 0 heterocycles. The van der Waals surface area contributed by atoms with Crippen LogP contribution in [0, 0.1) is 10.1 Å². The largest absolute Gasteiger partial charge is 0.423 e. The highest BCUT2D eigenvalue weighted by atomic mass is 19.4. The number of alkyl halides is 3. The van der Waals surface area contributed by atoms with E-state index in [-0.39, 0.29) is 5.69 Å². The Morgan fingerprint density at radius 3 is 2.17 bits per heavy atom. The Morgan fingerprint density at radius 2 is 1.78 bits per heavy atom. The molecule has 0 atom stereocenters. The molecule has 0 saturated carbocycles. The number of benzene rings is 1. The van der Waals surface area contributed by atoms with Gasteiger partial charge in [0.25, 0.3) is 5.69 Å². The highest BCUT2D eigenvalue weighted by molar-refractivity contribution is 5.56. The lowest BCUT2D eigenvalue weighted by Crippen LogP contribution is -2.26. The third-order valence-electron chi connectivity index (χ3n) is 2.02. The summed E-state index contributed by atoms with van der Waals surface area (Å²) in [6, 6.07) is 2.87. The fourth-order valence-electron chi connectivity index (χ4n) is 1.43. The summed E-state index contributed by atoms with van der Waals surface area (Å²) >= 11 is 0. The topological polar surface area (TPSA) is 55.2 Å². The van der Waals surface area contributed by atoms with E-state index in [0.29, 0.717) is 0 Å². The van der Waals surface area contributed by atoms with Crippen molar-refractivity contribution in [3.63, 3.8) is 0 Å². The van der Waals surface area contributed by atoms with Crippen LogP contribution in [0.25, 0.3) is 0 Å². The molecular weight excluding hydrogens is 249 g/mol. The number of rotatable bonds is 2. The Kier molecular flexibility index (Phi) is 3.54. The molecule has 0 unspecified atom stereocenters. The van der Waals surface area contributed by atoms with E-state index in [1.54, 1.807) is 20.8 Å². The summed E-state index contributed by atoms with van der Waals surface area (Å²) < 4.78 is 38.1. The quantitative estimate of drug-likeness (QED) is 0.651. The number of nitro benzene ring substituents is 1. The van der Waals surface area contributed by atoms with Gasteiger partial charge < -0.3 is 5.32 Å². The van der Waals surface area contributed by atoms with Gasteiger partial charge in [0, 0.05) is 17.3 Å². The molecule has 18 heavy (non-hydrogen) atoms. The average Bonchev–Trinajstić information content (AvgIpc) is 2.13. The number of halogens is 3. The van der Waals surface area contributed by atoms with Crippen molar-refractivity contribution in [1.29, 1.82) is 0 Å². The van der Waals surface area contributed by atoms with Gasteiger partial charge in [-0.1, -0.05) is 0 Å². The first kappa shape index (κ1) is 14.3. The van der Waals surface area contributed by atoms with Gasteiger partial charge in [-0.25, -0.2) is 0 Å². The van der Waals surface area contributed by atoms with E-state index in [1.165, 1.54) is 6.07 Å². The molecule has 0 aliphatic heterocycles. The predicted octanol–water partition coefficient (Wildman–Crippen LogP) is 3.82. The fourth-order valence-corrected chi connectivity index (χ4v) is 1.43. The molecular formula is C11H13F3N2O2. The van der Waals surface area contributed by atoms with Gasteiger partial charge in [0.2, 0.25) is 0 Å². The number of nitrogens with zero attached hydrogens (tertiary/aromatic N) is 1. The van der Waals surface area contributed by atoms with Crippen molar-refractivity contribution in [2.75, 3.05) is 5.32 Å². The highest BCUT2D eigenvalue weighted by Crippen LogP contribution is 2.37. The lowest BCUT2D eigenvalue weighted by molar-refractivity contribution is -0.388. The normalized spacial score (nSPS) is 12.3. The highest BCUT2D eigenvalue weighted by Gasteiger charge is 2.38. The van der Waals surface area contributed by atoms with E-state index in [4.69, 9.17) is 0 Å². The van der Waals surface area contributed by atoms with Crippen molar-refractivity contribution < 1.29 is 18.1 Å². The third kappa shape index (κ3) is 3.61. The molecule has 0 saturated heterocycles. The van der Waals surface area contributed by atoms with Crippen LogP contribution in [0.4, 0.5) is 24.5 Å². The van der Waals surface area contributed by atoms with Crippen LogP contribution in [-0.2, 0) is 6.18 Å². The molecule has 0 amide bonds. The molecule has 0 bridgehead atoms. The minimum atomic E-state index is -4.75. The molecule has 7 heteroatoms. The van der Waals surface area contributed by atoms with Crippen molar-refractivity contribution in [3.05, 3.63) is 33.9 Å². The van der Waals surface area contributed by atoms with Gasteiger partial charge in [-0.05, 0) is 32.9 Å². The Bertz CT molecular complexity index is 464. The van der Waals surface area contributed by atoms with Crippen molar-refractivity contribution in [2.45, 2.75) is 32.5 Å². The second-order valence-electron chi connectivity index (χ2n) is 4.86. The zero-order chi connectivity index (χ0) is 14.1. The number of nitrogens with one attached hydrogen (secondary N) is 1. The first-order valence-electron chi connectivity index (χ1n) is 5.14. The molecule has 0 fully saturated rings. The van der Waals surface area contributed by atoms with Gasteiger partial charge in [-0.3, -0.25) is 10.1 Å². The van der Waals surface area contributed by atoms with Gasteiger partial charge in [-0.2, -0.15) is 13.2 Å². The maximum atomic E-state index is 12.7. The van der Waals surface area contributed by atoms with E-state index in [0.717, 1.165) is 12.1 Å². The molecule has 0 spiro atoms. The Labute approximate surface area is 102 Å². The molecule has 1 aromatic rings. The second-order valence-corrected chi connectivity index (χ2v) is 4.86. The minimum Gasteiger partial charge on any atom is -0.380 e. The van der Waals surface area contributed by atoms with Crippen LogP contribution in [0.2, 0.25) is 0 Å². The number of hydrogen-bond donors (Lipinski definition) is 1. The van der Waals surface area contributed by atoms with Crippen LogP contribution >= 0.6 is 0 Å². The Morgan fingerprint density at radius 1 is 1.22 bits per heavy atom. The summed E-state index contributed by atoms with van der Waals surface area (Å²) in [7, 11) is 0. The molecule has 4 nitrogen and oxygen atoms in total. The van der Waals surface area contributed by atoms with E-state index in [1.807, 2.05) is 0 Å². The first-order chi connectivity index (χ1) is 8.00. The molecule has 0 aliphatic rings. The zero-order valence-corrected chi connectivity index (χ0v) is 10.1. The summed E-state index contributed by atoms with van der Waals surface area (Å²) in [5.41, 5.74) is -2.43. The van der Waals surface area contributed by atoms with Crippen molar-refractivity contribution in [1.82, 2.24) is 0 Å². The average molecular weight is 262 g/mol. The summed E-state index contributed by atoms with van der Waals surface area (Å²) in [5, 5.41) is 13.4.